The summed E-state index contributed by atoms with van der Waals surface area (Å²) < 4.78 is 1.40. The molecule has 0 bridgehead atoms. The number of aryl methyl sites for hydroxylation is 2. The van der Waals surface area contributed by atoms with Crippen LogP contribution in [0.5, 0.6) is 0 Å². The number of nitrogens with zero attached hydrogens (tertiary/aromatic N) is 2. The zero-order valence-corrected chi connectivity index (χ0v) is 15.1. The highest BCUT2D eigenvalue weighted by Gasteiger charge is 2.14. The van der Waals surface area contributed by atoms with Crippen molar-refractivity contribution in [2.24, 2.45) is 0 Å². The number of aromatic nitrogens is 2. The Morgan fingerprint density at radius 3 is 2.46 bits per heavy atom. The van der Waals surface area contributed by atoms with Gasteiger partial charge in [-0.3, -0.25) is 14.4 Å². The molecule has 0 saturated heterocycles. The fourth-order valence-electron chi connectivity index (χ4n) is 2.99. The van der Waals surface area contributed by atoms with E-state index in [0.29, 0.717) is 29.7 Å². The summed E-state index contributed by atoms with van der Waals surface area (Å²) in [6, 6.07) is 13.0. The highest BCUT2D eigenvalue weighted by atomic mass is 16.2. The molecule has 2 aromatic carbocycles. The molecule has 0 atom stereocenters. The molecule has 0 spiro atoms. The second-order valence-corrected chi connectivity index (χ2v) is 6.38. The lowest BCUT2D eigenvalue weighted by Gasteiger charge is -2.18. The molecule has 0 aliphatic rings. The Kier molecular flexibility index (Phi) is 4.75. The van der Waals surface area contributed by atoms with Crippen molar-refractivity contribution >= 4 is 16.9 Å². The van der Waals surface area contributed by atoms with Crippen molar-refractivity contribution in [2.45, 2.75) is 26.9 Å². The summed E-state index contributed by atoms with van der Waals surface area (Å²) in [6.45, 7) is 4.70. The molecule has 134 valence electrons. The van der Waals surface area contributed by atoms with Gasteiger partial charge < -0.3 is 14.5 Å². The quantitative estimate of drug-likeness (QED) is 0.733. The van der Waals surface area contributed by atoms with E-state index in [1.807, 2.05) is 31.2 Å². The third kappa shape index (κ3) is 3.31. The molecule has 3 aromatic rings. The number of benzene rings is 2. The highest BCUT2D eigenvalue weighted by Crippen LogP contribution is 2.15. The smallest absolute Gasteiger partial charge is 0.316 e. The van der Waals surface area contributed by atoms with Gasteiger partial charge in [0.05, 0.1) is 11.0 Å². The minimum absolute atomic E-state index is 0.150. The first-order valence-electron chi connectivity index (χ1n) is 8.48. The number of fused-ring (bicyclic) bond motifs is 1. The predicted octanol–water partition coefficient (Wildman–Crippen LogP) is 2.29. The third-order valence-corrected chi connectivity index (χ3v) is 4.43. The van der Waals surface area contributed by atoms with Crippen molar-refractivity contribution in [3.05, 3.63) is 79.9 Å². The van der Waals surface area contributed by atoms with Crippen LogP contribution < -0.4 is 11.1 Å². The zero-order chi connectivity index (χ0) is 18.8. The molecule has 6 nitrogen and oxygen atoms in total. The van der Waals surface area contributed by atoms with E-state index in [0.717, 1.165) is 5.56 Å². The first-order valence-corrected chi connectivity index (χ1v) is 8.48. The average Bonchev–Trinajstić information content (AvgIpc) is 2.63. The zero-order valence-electron chi connectivity index (χ0n) is 15.1. The molecule has 3 rings (SSSR count). The Balaban J connectivity index is 1.93. The van der Waals surface area contributed by atoms with Crippen molar-refractivity contribution in [3.8, 4) is 0 Å². The van der Waals surface area contributed by atoms with E-state index in [-0.39, 0.29) is 5.91 Å². The van der Waals surface area contributed by atoms with E-state index in [4.69, 9.17) is 0 Å². The van der Waals surface area contributed by atoms with Crippen molar-refractivity contribution in [1.29, 1.82) is 0 Å². The van der Waals surface area contributed by atoms with Gasteiger partial charge in [0.1, 0.15) is 0 Å². The summed E-state index contributed by atoms with van der Waals surface area (Å²) >= 11 is 0. The molecule has 1 heterocycles. The maximum Gasteiger partial charge on any atom is 0.316 e. The number of amides is 1. The number of H-pyrrole nitrogens is 1. The van der Waals surface area contributed by atoms with Gasteiger partial charge in [0.2, 0.25) is 0 Å². The number of hydrogen-bond acceptors (Lipinski definition) is 3. The van der Waals surface area contributed by atoms with Crippen LogP contribution in [0.1, 0.15) is 28.4 Å². The summed E-state index contributed by atoms with van der Waals surface area (Å²) in [7, 11) is 1.74. The predicted molar refractivity (Wildman–Crippen MR) is 101 cm³/mol. The number of carbonyl (C=O) groups is 1. The Bertz CT molecular complexity index is 1080. The van der Waals surface area contributed by atoms with Crippen LogP contribution in [0, 0.1) is 6.92 Å². The molecule has 0 fully saturated rings. The van der Waals surface area contributed by atoms with Crippen LogP contribution in [0.2, 0.25) is 0 Å². The van der Waals surface area contributed by atoms with Gasteiger partial charge >= 0.3 is 11.1 Å². The largest absolute Gasteiger partial charge is 0.337 e. The maximum absolute atomic E-state index is 12.7. The molecular formula is C20H21N3O3. The number of hydrogen-bond donors (Lipinski definition) is 1. The third-order valence-electron chi connectivity index (χ3n) is 4.43. The van der Waals surface area contributed by atoms with Crippen molar-refractivity contribution < 1.29 is 4.79 Å². The number of rotatable bonds is 4. The average molecular weight is 351 g/mol. The SMILES string of the molecule is CCn1c(=O)c(=O)[nH]c2cc(C(=O)N(C)Cc3ccc(C)cc3)ccc21. The van der Waals surface area contributed by atoms with Crippen LogP contribution in [0.3, 0.4) is 0 Å². The fourth-order valence-corrected chi connectivity index (χ4v) is 2.99. The molecule has 0 radical (unpaired) electrons. The summed E-state index contributed by atoms with van der Waals surface area (Å²) in [4.78, 5) is 40.6. The van der Waals surface area contributed by atoms with Crippen LogP contribution >= 0.6 is 0 Å². The first kappa shape index (κ1) is 17.7. The second-order valence-electron chi connectivity index (χ2n) is 6.38. The Morgan fingerprint density at radius 2 is 1.81 bits per heavy atom. The topological polar surface area (TPSA) is 75.2 Å². The Hall–Kier alpha value is -3.15. The van der Waals surface area contributed by atoms with Gasteiger partial charge in [0.15, 0.2) is 0 Å². The van der Waals surface area contributed by atoms with Gasteiger partial charge in [0, 0.05) is 25.7 Å². The van der Waals surface area contributed by atoms with E-state index in [2.05, 4.69) is 4.98 Å². The van der Waals surface area contributed by atoms with E-state index in [1.54, 1.807) is 37.1 Å². The summed E-state index contributed by atoms with van der Waals surface area (Å²) in [5, 5.41) is 0. The van der Waals surface area contributed by atoms with E-state index >= 15 is 0 Å². The lowest BCUT2D eigenvalue weighted by molar-refractivity contribution is 0.0785. The van der Waals surface area contributed by atoms with E-state index in [1.165, 1.54) is 10.1 Å². The van der Waals surface area contributed by atoms with Crippen molar-refractivity contribution in [3.63, 3.8) is 0 Å². The standard InChI is InChI=1S/C20H21N3O3/c1-4-23-17-10-9-15(11-16(17)21-18(24)20(23)26)19(25)22(3)12-14-7-5-13(2)6-8-14/h5-11H,4,12H2,1-3H3,(H,21,24). The van der Waals surface area contributed by atoms with Gasteiger partial charge in [0.25, 0.3) is 5.91 Å². The van der Waals surface area contributed by atoms with Crippen LogP contribution in [0.4, 0.5) is 0 Å². The lowest BCUT2D eigenvalue weighted by Crippen LogP contribution is -2.36. The molecule has 0 unspecified atom stereocenters. The highest BCUT2D eigenvalue weighted by molar-refractivity contribution is 5.97. The molecule has 1 N–H and O–H groups in total. The maximum atomic E-state index is 12.7. The summed E-state index contributed by atoms with van der Waals surface area (Å²) in [5.74, 6) is -0.150. The van der Waals surface area contributed by atoms with E-state index in [9.17, 15) is 14.4 Å². The van der Waals surface area contributed by atoms with Gasteiger partial charge in [-0.05, 0) is 37.6 Å². The van der Waals surface area contributed by atoms with Crippen molar-refractivity contribution in [2.75, 3.05) is 7.05 Å². The molecule has 0 aliphatic heterocycles. The molecular weight excluding hydrogens is 330 g/mol. The van der Waals surface area contributed by atoms with Crippen molar-refractivity contribution in [1.82, 2.24) is 14.5 Å². The summed E-state index contributed by atoms with van der Waals surface area (Å²) in [6.07, 6.45) is 0. The minimum Gasteiger partial charge on any atom is -0.337 e. The van der Waals surface area contributed by atoms with Gasteiger partial charge in [-0.25, -0.2) is 0 Å². The second kappa shape index (κ2) is 7.00. The van der Waals surface area contributed by atoms with Crippen LogP contribution in [-0.2, 0) is 13.1 Å². The van der Waals surface area contributed by atoms with E-state index < -0.39 is 11.1 Å². The molecule has 1 aromatic heterocycles. The molecule has 0 aliphatic carbocycles. The monoisotopic (exact) mass is 351 g/mol. The fraction of sp³-hybridized carbons (Fsp3) is 0.250. The first-order chi connectivity index (χ1) is 12.4. The number of carbonyl (C=O) groups excluding carboxylic acids is 1. The van der Waals surface area contributed by atoms with Crippen LogP contribution in [-0.4, -0.2) is 27.4 Å². The Morgan fingerprint density at radius 1 is 1.12 bits per heavy atom. The molecule has 6 heteroatoms. The summed E-state index contributed by atoms with van der Waals surface area (Å²) in [5.41, 5.74) is 2.49. The number of aromatic amines is 1. The molecule has 26 heavy (non-hydrogen) atoms. The molecule has 1 amide bonds. The van der Waals surface area contributed by atoms with Gasteiger partial charge in [-0.15, -0.1) is 0 Å². The minimum atomic E-state index is -0.683. The van der Waals surface area contributed by atoms with Crippen LogP contribution in [0.25, 0.3) is 11.0 Å². The van der Waals surface area contributed by atoms with Gasteiger partial charge in [-0.1, -0.05) is 29.8 Å². The number of nitrogens with one attached hydrogen (secondary N) is 1. The normalized spacial score (nSPS) is 10.9. The van der Waals surface area contributed by atoms with Gasteiger partial charge in [-0.2, -0.15) is 0 Å². The molecule has 0 saturated carbocycles. The Labute approximate surface area is 150 Å². The van der Waals surface area contributed by atoms with Crippen LogP contribution in [0.15, 0.2) is 52.1 Å². The lowest BCUT2D eigenvalue weighted by atomic mass is 10.1.